The third kappa shape index (κ3) is 8.02. The van der Waals surface area contributed by atoms with Crippen LogP contribution in [-0.2, 0) is 0 Å². The maximum Gasteiger partial charge on any atom is 0.201 e. The maximum atomic E-state index is 15.5. The van der Waals surface area contributed by atoms with Gasteiger partial charge >= 0.3 is 0 Å². The second kappa shape index (κ2) is 16.0. The van der Waals surface area contributed by atoms with Crippen LogP contribution >= 0.6 is 0 Å². The molecular weight excluding hydrogens is 572 g/mol. The molecule has 0 N–H and O–H groups in total. The summed E-state index contributed by atoms with van der Waals surface area (Å²) in [5.41, 5.74) is 1.68. The summed E-state index contributed by atoms with van der Waals surface area (Å²) in [6, 6.07) is 12.8. The van der Waals surface area contributed by atoms with Crippen LogP contribution in [0.5, 0.6) is 5.75 Å². The van der Waals surface area contributed by atoms with Crippen LogP contribution in [0.3, 0.4) is 0 Å². The van der Waals surface area contributed by atoms with Crippen LogP contribution < -0.4 is 4.74 Å². The zero-order valence-electron chi connectivity index (χ0n) is 26.7. The Morgan fingerprint density at radius 2 is 1.24 bits per heavy atom. The maximum absolute atomic E-state index is 15.5. The predicted octanol–water partition coefficient (Wildman–Crippen LogP) is 12.6. The molecule has 242 valence electrons. The first-order valence-electron chi connectivity index (χ1n) is 17.2. The average molecular weight is 621 g/mol. The van der Waals surface area contributed by atoms with Gasteiger partial charge in [0.2, 0.25) is 5.82 Å². The lowest BCUT2D eigenvalue weighted by Crippen LogP contribution is -2.25. The molecule has 0 unspecified atom stereocenters. The first-order chi connectivity index (χ1) is 21.9. The third-order valence-corrected chi connectivity index (χ3v) is 10.5. The number of hydrogen-bond donors (Lipinski definition) is 0. The molecule has 0 aliphatic heterocycles. The SMILES string of the molecule is C=CCCC1CCC(C2CCC(c3ccc(-c4ccc(-c5ccc(OCCCCCC)c(F)c5F)cc4)c(F)c3F)CC2)CC1. The molecule has 0 spiro atoms. The monoisotopic (exact) mass is 620 g/mol. The lowest BCUT2D eigenvalue weighted by molar-refractivity contribution is 0.156. The van der Waals surface area contributed by atoms with E-state index in [2.05, 4.69) is 13.5 Å². The van der Waals surface area contributed by atoms with Gasteiger partial charge in [0.15, 0.2) is 23.2 Å². The number of halogens is 4. The quantitative estimate of drug-likeness (QED) is 0.105. The molecule has 0 amide bonds. The van der Waals surface area contributed by atoms with Crippen LogP contribution in [0.4, 0.5) is 17.6 Å². The Morgan fingerprint density at radius 3 is 1.84 bits per heavy atom. The summed E-state index contributed by atoms with van der Waals surface area (Å²) in [6.45, 7) is 6.30. The highest BCUT2D eigenvalue weighted by atomic mass is 19.2. The normalized spacial score (nSPS) is 21.9. The van der Waals surface area contributed by atoms with Crippen molar-refractivity contribution < 1.29 is 22.3 Å². The molecule has 1 nitrogen and oxygen atoms in total. The van der Waals surface area contributed by atoms with E-state index in [1.165, 1.54) is 44.2 Å². The van der Waals surface area contributed by atoms with Gasteiger partial charge in [-0.1, -0.05) is 81.5 Å². The van der Waals surface area contributed by atoms with Crippen LogP contribution in [0.25, 0.3) is 22.3 Å². The minimum absolute atomic E-state index is 0.0391. The second-order valence-electron chi connectivity index (χ2n) is 13.3. The van der Waals surface area contributed by atoms with Gasteiger partial charge in [0.05, 0.1) is 6.61 Å². The molecule has 3 aromatic rings. The average Bonchev–Trinajstić information content (AvgIpc) is 3.07. The summed E-state index contributed by atoms with van der Waals surface area (Å²) in [7, 11) is 0. The fourth-order valence-corrected chi connectivity index (χ4v) is 7.71. The molecule has 0 bridgehead atoms. The van der Waals surface area contributed by atoms with E-state index in [1.807, 2.05) is 6.08 Å². The van der Waals surface area contributed by atoms with Gasteiger partial charge < -0.3 is 4.74 Å². The van der Waals surface area contributed by atoms with Crippen molar-refractivity contribution in [1.29, 1.82) is 0 Å². The summed E-state index contributed by atoms with van der Waals surface area (Å²) in [4.78, 5) is 0. The zero-order chi connectivity index (χ0) is 31.8. The highest BCUT2D eigenvalue weighted by Gasteiger charge is 2.32. The van der Waals surface area contributed by atoms with Gasteiger partial charge in [-0.05, 0) is 110 Å². The van der Waals surface area contributed by atoms with Crippen molar-refractivity contribution in [2.24, 2.45) is 17.8 Å². The minimum atomic E-state index is -1.02. The Morgan fingerprint density at radius 1 is 0.667 bits per heavy atom. The van der Waals surface area contributed by atoms with Crippen molar-refractivity contribution in [2.45, 2.75) is 103 Å². The smallest absolute Gasteiger partial charge is 0.201 e. The van der Waals surface area contributed by atoms with Crippen LogP contribution in [0.1, 0.15) is 108 Å². The number of ether oxygens (including phenoxy) is 1. The van der Waals surface area contributed by atoms with Crippen molar-refractivity contribution in [3.8, 4) is 28.0 Å². The summed E-state index contributed by atoms with van der Waals surface area (Å²) in [5.74, 6) is -1.37. The molecule has 45 heavy (non-hydrogen) atoms. The predicted molar refractivity (Wildman–Crippen MR) is 176 cm³/mol. The number of unbranched alkanes of at least 4 members (excludes halogenated alkanes) is 3. The summed E-state index contributed by atoms with van der Waals surface area (Å²) in [6.07, 6.45) is 17.5. The Balaban J connectivity index is 1.20. The number of hydrogen-bond acceptors (Lipinski definition) is 1. The van der Waals surface area contributed by atoms with Crippen molar-refractivity contribution in [3.63, 3.8) is 0 Å². The van der Waals surface area contributed by atoms with E-state index in [4.69, 9.17) is 4.74 Å². The number of benzene rings is 3. The van der Waals surface area contributed by atoms with Crippen LogP contribution in [0.2, 0.25) is 0 Å². The Bertz CT molecular complexity index is 1400. The Kier molecular flexibility index (Phi) is 11.8. The largest absolute Gasteiger partial charge is 0.490 e. The van der Waals surface area contributed by atoms with E-state index in [0.717, 1.165) is 69.6 Å². The highest BCUT2D eigenvalue weighted by molar-refractivity contribution is 5.72. The van der Waals surface area contributed by atoms with Crippen LogP contribution in [0, 0.1) is 41.0 Å². The molecule has 5 heteroatoms. The number of allylic oxidation sites excluding steroid dienone is 1. The first-order valence-corrected chi connectivity index (χ1v) is 17.2. The van der Waals surface area contributed by atoms with Crippen molar-refractivity contribution in [2.75, 3.05) is 6.61 Å². The molecule has 0 radical (unpaired) electrons. The van der Waals surface area contributed by atoms with E-state index in [0.29, 0.717) is 29.2 Å². The Hall–Kier alpha value is -3.08. The molecular formula is C40H48F4O. The van der Waals surface area contributed by atoms with E-state index in [9.17, 15) is 8.78 Å². The summed E-state index contributed by atoms with van der Waals surface area (Å²) >= 11 is 0. The molecule has 2 saturated carbocycles. The van der Waals surface area contributed by atoms with Gasteiger partial charge in [-0.25, -0.2) is 13.2 Å². The van der Waals surface area contributed by atoms with Gasteiger partial charge in [-0.15, -0.1) is 6.58 Å². The van der Waals surface area contributed by atoms with Gasteiger partial charge in [0.25, 0.3) is 0 Å². The zero-order valence-corrected chi connectivity index (χ0v) is 26.7. The fraction of sp³-hybridized carbons (Fsp3) is 0.500. The highest BCUT2D eigenvalue weighted by Crippen LogP contribution is 2.45. The molecule has 2 aliphatic rings. The first kappa shape index (κ1) is 33.3. The van der Waals surface area contributed by atoms with Crippen molar-refractivity contribution >= 4 is 0 Å². The molecule has 2 fully saturated rings. The van der Waals surface area contributed by atoms with E-state index >= 15 is 8.78 Å². The van der Waals surface area contributed by atoms with Gasteiger partial charge in [0.1, 0.15) is 0 Å². The minimum Gasteiger partial charge on any atom is -0.490 e. The van der Waals surface area contributed by atoms with Crippen LogP contribution in [0.15, 0.2) is 61.2 Å². The van der Waals surface area contributed by atoms with Gasteiger partial charge in [-0.3, -0.25) is 0 Å². The van der Waals surface area contributed by atoms with Crippen molar-refractivity contribution in [1.82, 2.24) is 0 Å². The third-order valence-electron chi connectivity index (χ3n) is 10.5. The van der Waals surface area contributed by atoms with E-state index < -0.39 is 23.3 Å². The number of rotatable bonds is 13. The fourth-order valence-electron chi connectivity index (χ4n) is 7.71. The van der Waals surface area contributed by atoms with Crippen molar-refractivity contribution in [3.05, 3.63) is 90.0 Å². The molecule has 0 heterocycles. The van der Waals surface area contributed by atoms with Gasteiger partial charge in [-0.2, -0.15) is 4.39 Å². The molecule has 5 rings (SSSR count). The van der Waals surface area contributed by atoms with Crippen LogP contribution in [-0.4, -0.2) is 6.61 Å². The molecule has 3 aromatic carbocycles. The lowest BCUT2D eigenvalue weighted by Gasteiger charge is -2.38. The topological polar surface area (TPSA) is 9.23 Å². The molecule has 2 aliphatic carbocycles. The Labute approximate surface area is 267 Å². The lowest BCUT2D eigenvalue weighted by atomic mass is 9.68. The van der Waals surface area contributed by atoms with Gasteiger partial charge in [0, 0.05) is 11.1 Å². The van der Waals surface area contributed by atoms with E-state index in [-0.39, 0.29) is 22.8 Å². The second-order valence-corrected chi connectivity index (χ2v) is 13.3. The molecule has 0 aromatic heterocycles. The summed E-state index contributed by atoms with van der Waals surface area (Å²) < 4.78 is 66.1. The molecule has 0 atom stereocenters. The standard InChI is InChI=1S/C40H48F4O/c1-3-5-7-8-26-45-36-25-24-35(39(43)40(36)44)32-20-18-31(19-21-32)34-23-22-33(37(41)38(34)42)30-16-14-29(15-17-30)28-12-10-27(11-13-28)9-6-4-2/h4,18-25,27-30H,2-3,5-17,26H2,1H3. The molecule has 0 saturated heterocycles. The summed E-state index contributed by atoms with van der Waals surface area (Å²) in [5, 5.41) is 0. The van der Waals surface area contributed by atoms with E-state index in [1.54, 1.807) is 36.4 Å².